The lowest BCUT2D eigenvalue weighted by Crippen LogP contribution is -2.40. The fraction of sp³-hybridized carbons (Fsp3) is 0.360. The summed E-state index contributed by atoms with van der Waals surface area (Å²) in [6.07, 6.45) is 6.24. The number of hydrogen-bond donors (Lipinski definition) is 2. The van der Waals surface area contributed by atoms with Gasteiger partial charge in [0, 0.05) is 49.4 Å². The molecule has 1 spiro atoms. The molecule has 1 unspecified atom stereocenters. The molecule has 1 atom stereocenters. The van der Waals surface area contributed by atoms with Crippen LogP contribution in [-0.2, 0) is 4.79 Å². The van der Waals surface area contributed by atoms with Crippen LogP contribution in [0.5, 0.6) is 0 Å². The topological polar surface area (TPSA) is 105 Å². The molecule has 8 heteroatoms. The second-order valence-electron chi connectivity index (χ2n) is 9.05. The maximum absolute atomic E-state index is 12.9. The van der Waals surface area contributed by atoms with E-state index < -0.39 is 0 Å². The van der Waals surface area contributed by atoms with Crippen molar-refractivity contribution >= 4 is 34.4 Å². The number of carbonyl (C=O) groups is 3. The third kappa shape index (κ3) is 4.33. The summed E-state index contributed by atoms with van der Waals surface area (Å²) in [6.45, 7) is 3.50. The summed E-state index contributed by atoms with van der Waals surface area (Å²) >= 11 is 0. The summed E-state index contributed by atoms with van der Waals surface area (Å²) in [5, 5.41) is 6.58. The SMILES string of the molecule is CC(=O)Nc1ccc(C(=O)N2CCC3(CC2)CC3CNC(=O)c2cc3ccncc3o2)cc1. The number of likely N-dealkylation sites (tertiary alicyclic amines) is 1. The van der Waals surface area contributed by atoms with Gasteiger partial charge < -0.3 is 20.0 Å². The number of hydrogen-bond acceptors (Lipinski definition) is 5. The van der Waals surface area contributed by atoms with Crippen molar-refractivity contribution in [2.45, 2.75) is 26.2 Å². The predicted octanol–water partition coefficient (Wildman–Crippen LogP) is 3.46. The standard InChI is InChI=1S/C25H26N4O4/c1-16(30)28-20-4-2-17(3-5-20)24(32)29-10-7-25(8-11-29)13-19(25)14-27-23(31)21-12-18-6-9-26-15-22(18)33-21/h2-6,9,12,15,19H,7-8,10-11,13-14H2,1H3,(H,27,31)(H,28,30). The zero-order valence-corrected chi connectivity index (χ0v) is 18.5. The molecule has 3 amide bonds. The number of piperidine rings is 1. The molecule has 0 radical (unpaired) electrons. The van der Waals surface area contributed by atoms with Crippen molar-refractivity contribution in [3.05, 3.63) is 60.1 Å². The maximum Gasteiger partial charge on any atom is 0.287 e. The van der Waals surface area contributed by atoms with Gasteiger partial charge in [-0.3, -0.25) is 19.4 Å². The number of pyridine rings is 1. The first-order valence-electron chi connectivity index (χ1n) is 11.2. The third-order valence-corrected chi connectivity index (χ3v) is 6.91. The van der Waals surface area contributed by atoms with Crippen LogP contribution in [0.25, 0.3) is 11.0 Å². The molecule has 1 saturated carbocycles. The van der Waals surface area contributed by atoms with E-state index in [2.05, 4.69) is 15.6 Å². The van der Waals surface area contributed by atoms with Crippen LogP contribution in [-0.4, -0.2) is 47.2 Å². The van der Waals surface area contributed by atoms with Crippen LogP contribution in [0, 0.1) is 11.3 Å². The highest BCUT2D eigenvalue weighted by atomic mass is 16.3. The number of rotatable bonds is 5. The molecule has 2 aliphatic rings. The van der Waals surface area contributed by atoms with Crippen molar-refractivity contribution < 1.29 is 18.8 Å². The number of anilines is 1. The smallest absolute Gasteiger partial charge is 0.287 e. The maximum atomic E-state index is 12.9. The zero-order valence-electron chi connectivity index (χ0n) is 18.5. The van der Waals surface area contributed by atoms with Gasteiger partial charge in [0.15, 0.2) is 11.3 Å². The Hall–Kier alpha value is -3.68. The molecule has 0 bridgehead atoms. The summed E-state index contributed by atoms with van der Waals surface area (Å²) in [7, 11) is 0. The van der Waals surface area contributed by atoms with Gasteiger partial charge in [-0.2, -0.15) is 0 Å². The molecule has 2 N–H and O–H groups in total. The molecular weight excluding hydrogens is 420 g/mol. The molecule has 3 aromatic rings. The number of nitrogens with zero attached hydrogens (tertiary/aromatic N) is 2. The predicted molar refractivity (Wildman–Crippen MR) is 123 cm³/mol. The van der Waals surface area contributed by atoms with Crippen LogP contribution in [0.2, 0.25) is 0 Å². The highest BCUT2D eigenvalue weighted by molar-refractivity contribution is 5.96. The van der Waals surface area contributed by atoms with E-state index in [1.54, 1.807) is 42.7 Å². The number of fused-ring (bicyclic) bond motifs is 1. The summed E-state index contributed by atoms with van der Waals surface area (Å²) < 4.78 is 5.59. The number of amides is 3. The van der Waals surface area contributed by atoms with E-state index >= 15 is 0 Å². The van der Waals surface area contributed by atoms with Gasteiger partial charge in [0.2, 0.25) is 5.91 Å². The van der Waals surface area contributed by atoms with Crippen LogP contribution in [0.1, 0.15) is 47.1 Å². The first-order chi connectivity index (χ1) is 15.9. The third-order valence-electron chi connectivity index (χ3n) is 6.91. The second-order valence-corrected chi connectivity index (χ2v) is 9.05. The Bertz CT molecular complexity index is 1180. The van der Waals surface area contributed by atoms with Crippen LogP contribution in [0.15, 0.2) is 53.2 Å². The van der Waals surface area contributed by atoms with Gasteiger partial charge in [0.25, 0.3) is 11.8 Å². The number of aromatic nitrogens is 1. The Morgan fingerprint density at radius 3 is 2.61 bits per heavy atom. The van der Waals surface area contributed by atoms with Crippen molar-refractivity contribution in [2.75, 3.05) is 25.0 Å². The fourth-order valence-corrected chi connectivity index (χ4v) is 4.87. The van der Waals surface area contributed by atoms with E-state index in [4.69, 9.17) is 4.42 Å². The average molecular weight is 447 g/mol. The summed E-state index contributed by atoms with van der Waals surface area (Å²) in [5.74, 6) is 0.410. The quantitative estimate of drug-likeness (QED) is 0.625. The van der Waals surface area contributed by atoms with Crippen LogP contribution < -0.4 is 10.6 Å². The Kier molecular flexibility index (Phi) is 5.36. The summed E-state index contributed by atoms with van der Waals surface area (Å²) in [6, 6.07) is 10.6. The van der Waals surface area contributed by atoms with E-state index in [1.807, 2.05) is 11.0 Å². The van der Waals surface area contributed by atoms with Crippen LogP contribution in [0.3, 0.4) is 0 Å². The molecular formula is C25H26N4O4. The molecule has 5 rings (SSSR count). The molecule has 170 valence electrons. The summed E-state index contributed by atoms with van der Waals surface area (Å²) in [5.41, 5.74) is 2.13. The molecule has 8 nitrogen and oxygen atoms in total. The first kappa shape index (κ1) is 21.2. The molecule has 2 aromatic heterocycles. The zero-order chi connectivity index (χ0) is 23.0. The van der Waals surface area contributed by atoms with Gasteiger partial charge in [-0.25, -0.2) is 0 Å². The number of nitrogens with one attached hydrogen (secondary N) is 2. The molecule has 33 heavy (non-hydrogen) atoms. The van der Waals surface area contributed by atoms with E-state index in [-0.39, 0.29) is 23.1 Å². The highest BCUT2D eigenvalue weighted by Gasteiger charge is 2.54. The average Bonchev–Trinajstić information content (AvgIpc) is 3.29. The molecule has 1 saturated heterocycles. The van der Waals surface area contributed by atoms with Gasteiger partial charge in [-0.05, 0) is 67.0 Å². The van der Waals surface area contributed by atoms with E-state index in [0.29, 0.717) is 48.1 Å². The van der Waals surface area contributed by atoms with Gasteiger partial charge in [0.1, 0.15) is 0 Å². The Morgan fingerprint density at radius 2 is 1.91 bits per heavy atom. The van der Waals surface area contributed by atoms with Gasteiger partial charge in [-0.15, -0.1) is 0 Å². The molecule has 1 aliphatic heterocycles. The fourth-order valence-electron chi connectivity index (χ4n) is 4.87. The minimum absolute atomic E-state index is 0.0177. The minimum Gasteiger partial charge on any atom is -0.449 e. The monoisotopic (exact) mass is 446 g/mol. The van der Waals surface area contributed by atoms with E-state index in [9.17, 15) is 14.4 Å². The molecule has 1 aliphatic carbocycles. The molecule has 1 aromatic carbocycles. The number of benzene rings is 1. The van der Waals surface area contributed by atoms with Gasteiger partial charge in [0.05, 0.1) is 6.20 Å². The normalized spacial score (nSPS) is 18.8. The van der Waals surface area contributed by atoms with E-state index in [0.717, 1.165) is 24.6 Å². The lowest BCUT2D eigenvalue weighted by atomic mass is 9.90. The van der Waals surface area contributed by atoms with Gasteiger partial charge >= 0.3 is 0 Å². The highest BCUT2D eigenvalue weighted by Crippen LogP contribution is 2.59. The largest absolute Gasteiger partial charge is 0.449 e. The van der Waals surface area contributed by atoms with Gasteiger partial charge in [-0.1, -0.05) is 0 Å². The van der Waals surface area contributed by atoms with Crippen molar-refractivity contribution in [3.63, 3.8) is 0 Å². The second kappa shape index (κ2) is 8.35. The minimum atomic E-state index is -0.205. The lowest BCUT2D eigenvalue weighted by Gasteiger charge is -2.33. The van der Waals surface area contributed by atoms with Crippen molar-refractivity contribution in [1.29, 1.82) is 0 Å². The Balaban J connectivity index is 1.11. The van der Waals surface area contributed by atoms with Crippen molar-refractivity contribution in [1.82, 2.24) is 15.2 Å². The summed E-state index contributed by atoms with van der Waals surface area (Å²) in [4.78, 5) is 42.4. The molecule has 3 heterocycles. The van der Waals surface area contributed by atoms with Crippen molar-refractivity contribution in [2.24, 2.45) is 11.3 Å². The first-order valence-corrected chi connectivity index (χ1v) is 11.2. The van der Waals surface area contributed by atoms with Crippen molar-refractivity contribution in [3.8, 4) is 0 Å². The Morgan fingerprint density at radius 1 is 1.15 bits per heavy atom. The van der Waals surface area contributed by atoms with Crippen LogP contribution in [0.4, 0.5) is 5.69 Å². The Labute approximate surface area is 191 Å². The van der Waals surface area contributed by atoms with Crippen LogP contribution >= 0.6 is 0 Å². The van der Waals surface area contributed by atoms with E-state index in [1.165, 1.54) is 6.92 Å². The number of furan rings is 1. The lowest BCUT2D eigenvalue weighted by molar-refractivity contribution is -0.114. The number of carbonyl (C=O) groups excluding carboxylic acids is 3. The molecule has 2 fully saturated rings.